The molecule has 0 spiro atoms. The molecule has 0 amide bonds. The summed E-state index contributed by atoms with van der Waals surface area (Å²) in [6.45, 7) is 5.01. The van der Waals surface area contributed by atoms with E-state index in [0.717, 1.165) is 31.9 Å². The van der Waals surface area contributed by atoms with Crippen molar-refractivity contribution in [3.8, 4) is 0 Å². The summed E-state index contributed by atoms with van der Waals surface area (Å²) in [4.78, 5) is 0. The molecule has 16 heavy (non-hydrogen) atoms. The molecule has 0 aromatic carbocycles. The Kier molecular flexibility index (Phi) is 3.98. The largest absolute Gasteiger partial charge is 0.464 e. The van der Waals surface area contributed by atoms with Crippen LogP contribution in [0.4, 0.5) is 0 Å². The molecule has 0 bridgehead atoms. The maximum absolute atomic E-state index is 9.82. The molecule has 0 radical (unpaired) electrons. The van der Waals surface area contributed by atoms with Gasteiger partial charge >= 0.3 is 0 Å². The minimum atomic E-state index is -0.559. The second-order valence-corrected chi connectivity index (χ2v) is 4.35. The lowest BCUT2D eigenvalue weighted by molar-refractivity contribution is 0.143. The lowest BCUT2D eigenvalue weighted by atomic mass is 10.1. The van der Waals surface area contributed by atoms with Crippen LogP contribution in [0.2, 0.25) is 0 Å². The normalized spacial score (nSPS) is 22.5. The maximum Gasteiger partial charge on any atom is 0.133 e. The van der Waals surface area contributed by atoms with Crippen molar-refractivity contribution in [1.29, 1.82) is 0 Å². The summed E-state index contributed by atoms with van der Waals surface area (Å²) in [7, 11) is 0. The Morgan fingerprint density at radius 1 is 1.56 bits per heavy atom. The van der Waals surface area contributed by atoms with Crippen LogP contribution in [0.5, 0.6) is 0 Å². The van der Waals surface area contributed by atoms with Crippen molar-refractivity contribution in [1.82, 2.24) is 5.32 Å². The molecule has 1 aromatic heterocycles. The Bertz CT molecular complexity index is 318. The predicted octanol–water partition coefficient (Wildman–Crippen LogP) is 1.25. The van der Waals surface area contributed by atoms with Crippen molar-refractivity contribution < 1.29 is 14.3 Å². The molecule has 1 fully saturated rings. The topological polar surface area (TPSA) is 54.6 Å². The number of rotatable bonds is 5. The van der Waals surface area contributed by atoms with Gasteiger partial charge in [0, 0.05) is 19.7 Å². The molecule has 2 unspecified atom stereocenters. The van der Waals surface area contributed by atoms with Crippen molar-refractivity contribution in [3.05, 3.63) is 23.7 Å². The molecule has 0 saturated carbocycles. The van der Waals surface area contributed by atoms with E-state index in [9.17, 15) is 5.11 Å². The van der Waals surface area contributed by atoms with Gasteiger partial charge in [0.15, 0.2) is 0 Å². The Balaban J connectivity index is 1.69. The third-order valence-electron chi connectivity index (χ3n) is 2.88. The summed E-state index contributed by atoms with van der Waals surface area (Å²) in [6, 6.07) is 3.68. The quantitative estimate of drug-likeness (QED) is 0.792. The second-order valence-electron chi connectivity index (χ2n) is 4.35. The van der Waals surface area contributed by atoms with Crippen LogP contribution in [0.25, 0.3) is 0 Å². The van der Waals surface area contributed by atoms with Gasteiger partial charge in [0.2, 0.25) is 0 Å². The third kappa shape index (κ3) is 3.07. The van der Waals surface area contributed by atoms with E-state index in [-0.39, 0.29) is 0 Å². The SMILES string of the molecule is Cc1ccc(C(O)CNCC2CCOC2)o1. The van der Waals surface area contributed by atoms with Crippen LogP contribution in [-0.2, 0) is 4.74 Å². The second kappa shape index (κ2) is 5.48. The summed E-state index contributed by atoms with van der Waals surface area (Å²) in [5, 5.41) is 13.1. The minimum Gasteiger partial charge on any atom is -0.464 e. The third-order valence-corrected chi connectivity index (χ3v) is 2.88. The number of hydrogen-bond donors (Lipinski definition) is 2. The zero-order chi connectivity index (χ0) is 11.4. The van der Waals surface area contributed by atoms with Crippen molar-refractivity contribution in [3.63, 3.8) is 0 Å². The minimum absolute atomic E-state index is 0.531. The lowest BCUT2D eigenvalue weighted by Gasteiger charge is -2.12. The van der Waals surface area contributed by atoms with Crippen molar-refractivity contribution >= 4 is 0 Å². The highest BCUT2D eigenvalue weighted by Crippen LogP contribution is 2.16. The number of aliphatic hydroxyl groups is 1. The van der Waals surface area contributed by atoms with Crippen molar-refractivity contribution in [2.24, 2.45) is 5.92 Å². The van der Waals surface area contributed by atoms with Gasteiger partial charge in [-0.05, 0) is 31.4 Å². The first kappa shape index (κ1) is 11.6. The zero-order valence-corrected chi connectivity index (χ0v) is 9.61. The molecule has 1 aliphatic rings. The number of hydrogen-bond acceptors (Lipinski definition) is 4. The van der Waals surface area contributed by atoms with Crippen LogP contribution < -0.4 is 5.32 Å². The van der Waals surface area contributed by atoms with Gasteiger partial charge in [-0.25, -0.2) is 0 Å². The van der Waals surface area contributed by atoms with Gasteiger partial charge in [-0.2, -0.15) is 0 Å². The van der Waals surface area contributed by atoms with E-state index in [1.54, 1.807) is 0 Å². The monoisotopic (exact) mass is 225 g/mol. The van der Waals surface area contributed by atoms with Crippen molar-refractivity contribution in [2.75, 3.05) is 26.3 Å². The summed E-state index contributed by atoms with van der Waals surface area (Å²) in [5.41, 5.74) is 0. The first-order chi connectivity index (χ1) is 7.75. The van der Waals surface area contributed by atoms with Gasteiger partial charge in [-0.1, -0.05) is 0 Å². The van der Waals surface area contributed by atoms with Gasteiger partial charge in [-0.15, -0.1) is 0 Å². The van der Waals surface area contributed by atoms with Gasteiger partial charge in [-0.3, -0.25) is 0 Å². The summed E-state index contributed by atoms with van der Waals surface area (Å²) < 4.78 is 10.6. The Morgan fingerprint density at radius 2 is 2.44 bits per heavy atom. The fourth-order valence-electron chi connectivity index (χ4n) is 1.90. The van der Waals surface area contributed by atoms with E-state index in [1.165, 1.54) is 0 Å². The molecule has 1 aromatic rings. The molecule has 1 saturated heterocycles. The average Bonchev–Trinajstić information content (AvgIpc) is 2.89. The summed E-state index contributed by atoms with van der Waals surface area (Å²) >= 11 is 0. The summed E-state index contributed by atoms with van der Waals surface area (Å²) in [6.07, 6.45) is 0.555. The number of furan rings is 1. The molecule has 4 heteroatoms. The fraction of sp³-hybridized carbons (Fsp3) is 0.667. The molecule has 90 valence electrons. The van der Waals surface area contributed by atoms with Gasteiger partial charge < -0.3 is 19.6 Å². The van der Waals surface area contributed by atoms with E-state index in [4.69, 9.17) is 9.15 Å². The van der Waals surface area contributed by atoms with Gasteiger partial charge in [0.05, 0.1) is 6.61 Å². The Hall–Kier alpha value is -0.840. The van der Waals surface area contributed by atoms with Crippen LogP contribution in [0, 0.1) is 12.8 Å². The molecule has 2 rings (SSSR count). The van der Waals surface area contributed by atoms with Gasteiger partial charge in [0.25, 0.3) is 0 Å². The van der Waals surface area contributed by atoms with E-state index in [1.807, 2.05) is 19.1 Å². The fourth-order valence-corrected chi connectivity index (χ4v) is 1.90. The van der Waals surface area contributed by atoms with Crippen LogP contribution >= 0.6 is 0 Å². The van der Waals surface area contributed by atoms with Crippen LogP contribution in [-0.4, -0.2) is 31.4 Å². The molecular weight excluding hydrogens is 206 g/mol. The predicted molar refractivity (Wildman–Crippen MR) is 60.2 cm³/mol. The highest BCUT2D eigenvalue weighted by molar-refractivity contribution is 5.08. The van der Waals surface area contributed by atoms with E-state index in [0.29, 0.717) is 18.2 Å². The van der Waals surface area contributed by atoms with Crippen LogP contribution in [0.1, 0.15) is 24.0 Å². The van der Waals surface area contributed by atoms with Crippen molar-refractivity contribution in [2.45, 2.75) is 19.4 Å². The van der Waals surface area contributed by atoms with E-state index in [2.05, 4.69) is 5.32 Å². The van der Waals surface area contributed by atoms with E-state index >= 15 is 0 Å². The number of aryl methyl sites for hydroxylation is 1. The molecular formula is C12H19NO3. The highest BCUT2D eigenvalue weighted by Gasteiger charge is 2.16. The van der Waals surface area contributed by atoms with Crippen LogP contribution in [0.15, 0.2) is 16.5 Å². The van der Waals surface area contributed by atoms with Gasteiger partial charge in [0.1, 0.15) is 17.6 Å². The molecule has 2 atom stereocenters. The molecule has 2 N–H and O–H groups in total. The molecule has 4 nitrogen and oxygen atoms in total. The standard InChI is InChI=1S/C12H19NO3/c1-9-2-3-12(16-9)11(14)7-13-6-10-4-5-15-8-10/h2-3,10-11,13-14H,4-8H2,1H3. The first-order valence-electron chi connectivity index (χ1n) is 5.78. The molecule has 1 aliphatic heterocycles. The van der Waals surface area contributed by atoms with Crippen LogP contribution in [0.3, 0.4) is 0 Å². The molecule has 0 aliphatic carbocycles. The Morgan fingerprint density at radius 3 is 3.06 bits per heavy atom. The molecule has 2 heterocycles. The van der Waals surface area contributed by atoms with E-state index < -0.39 is 6.10 Å². The lowest BCUT2D eigenvalue weighted by Crippen LogP contribution is -2.27. The number of aliphatic hydroxyl groups excluding tert-OH is 1. The average molecular weight is 225 g/mol. The Labute approximate surface area is 95.6 Å². The number of nitrogens with one attached hydrogen (secondary N) is 1. The summed E-state index contributed by atoms with van der Waals surface area (Å²) in [5.74, 6) is 2.05. The maximum atomic E-state index is 9.82. The zero-order valence-electron chi connectivity index (χ0n) is 9.61. The highest BCUT2D eigenvalue weighted by atomic mass is 16.5. The number of ether oxygens (including phenoxy) is 1. The smallest absolute Gasteiger partial charge is 0.133 e. The first-order valence-corrected chi connectivity index (χ1v) is 5.78.